The van der Waals surface area contributed by atoms with Crippen LogP contribution < -0.4 is 10.1 Å². The molecule has 2 fully saturated rings. The Labute approximate surface area is 213 Å². The molecule has 0 saturated carbocycles. The molecule has 3 aliphatic heterocycles. The number of rotatable bonds is 7. The Kier molecular flexibility index (Phi) is 8.10. The van der Waals surface area contributed by atoms with Crippen LogP contribution in [0.2, 0.25) is 0 Å². The monoisotopic (exact) mass is 505 g/mol. The number of hydrogen-bond acceptors (Lipinski definition) is 9. The minimum absolute atomic E-state index is 0.0543. The summed E-state index contributed by atoms with van der Waals surface area (Å²) in [5.74, 6) is 4.52. The number of imide groups is 2. The molecule has 2 saturated heterocycles. The average Bonchev–Trinajstić information content (AvgIpc) is 3.13. The number of amides is 4. The molecule has 1 aromatic carbocycles. The summed E-state index contributed by atoms with van der Waals surface area (Å²) in [5.41, 5.74) is 0.330. The van der Waals surface area contributed by atoms with Crippen LogP contribution in [0.5, 0.6) is 5.75 Å². The second kappa shape index (κ2) is 11.6. The smallest absolute Gasteiger partial charge is 0.262 e. The fraction of sp³-hybridized carbons (Fsp3) is 0.385. The molecular weight excluding hydrogens is 478 g/mol. The molecule has 192 valence electrons. The molecule has 0 radical (unpaired) electrons. The lowest BCUT2D eigenvalue weighted by atomic mass is 10.0. The second-order valence-corrected chi connectivity index (χ2v) is 8.69. The van der Waals surface area contributed by atoms with Crippen LogP contribution in [0.15, 0.2) is 40.1 Å². The van der Waals surface area contributed by atoms with E-state index in [1.54, 1.807) is 18.4 Å². The quantitative estimate of drug-likeness (QED) is 0.313. The number of fused-ring (bicyclic) bond motifs is 1. The molecule has 1 atom stereocenters. The van der Waals surface area contributed by atoms with E-state index in [-0.39, 0.29) is 43.2 Å². The Bertz CT molecular complexity index is 1240. The summed E-state index contributed by atoms with van der Waals surface area (Å²) in [7, 11) is 0. The number of piperidine rings is 2. The molecule has 1 aromatic rings. The highest BCUT2D eigenvalue weighted by molar-refractivity contribution is 6.23. The van der Waals surface area contributed by atoms with Crippen LogP contribution in [0.1, 0.15) is 46.4 Å². The van der Waals surface area contributed by atoms with Gasteiger partial charge in [0.1, 0.15) is 24.2 Å². The number of allylic oxidation sites excluding steroid dienone is 1. The predicted molar refractivity (Wildman–Crippen MR) is 134 cm³/mol. The van der Waals surface area contributed by atoms with E-state index < -0.39 is 29.7 Å². The average molecular weight is 506 g/mol. The van der Waals surface area contributed by atoms with E-state index in [0.717, 1.165) is 4.90 Å². The van der Waals surface area contributed by atoms with Gasteiger partial charge in [-0.3, -0.25) is 34.4 Å². The highest BCUT2D eigenvalue weighted by atomic mass is 16.5. The van der Waals surface area contributed by atoms with Gasteiger partial charge in [0.15, 0.2) is 0 Å². The molecule has 37 heavy (non-hydrogen) atoms. The zero-order valence-electron chi connectivity index (χ0n) is 20.2. The van der Waals surface area contributed by atoms with Crippen molar-refractivity contribution in [2.45, 2.75) is 37.8 Å². The van der Waals surface area contributed by atoms with Gasteiger partial charge < -0.3 is 14.7 Å². The highest BCUT2D eigenvalue weighted by Gasteiger charge is 2.44. The lowest BCUT2D eigenvalue weighted by Crippen LogP contribution is -2.54. The maximum absolute atomic E-state index is 12.9. The number of hydrogen-bond donors (Lipinski definition) is 2. The van der Waals surface area contributed by atoms with Crippen molar-refractivity contribution < 1.29 is 29.0 Å². The zero-order valence-corrected chi connectivity index (χ0v) is 20.2. The third kappa shape index (κ3) is 5.92. The van der Waals surface area contributed by atoms with Gasteiger partial charge in [-0.1, -0.05) is 11.8 Å². The molecule has 0 aliphatic carbocycles. The van der Waals surface area contributed by atoms with Crippen molar-refractivity contribution in [3.63, 3.8) is 0 Å². The Hall–Kier alpha value is -4.30. The van der Waals surface area contributed by atoms with Crippen LogP contribution in [0, 0.1) is 11.8 Å². The molecule has 0 aromatic heterocycles. The molecule has 0 spiro atoms. The SMILES string of the molecule is C=N/C(=C\C=N/CC#CCOc1ccc2c(c1)C(=O)N(C1CCC(=O)NC1=O)C2=O)N1CCC(O)CC1. The van der Waals surface area contributed by atoms with E-state index in [0.29, 0.717) is 37.5 Å². The van der Waals surface area contributed by atoms with Crippen LogP contribution in [-0.2, 0) is 9.59 Å². The normalized spacial score (nSPS) is 20.6. The molecule has 11 nitrogen and oxygen atoms in total. The first-order valence-corrected chi connectivity index (χ1v) is 11.9. The third-order valence-electron chi connectivity index (χ3n) is 6.30. The van der Waals surface area contributed by atoms with Crippen molar-refractivity contribution in [1.29, 1.82) is 0 Å². The van der Waals surface area contributed by atoms with Gasteiger partial charge in [0.25, 0.3) is 11.8 Å². The van der Waals surface area contributed by atoms with Crippen LogP contribution in [0.4, 0.5) is 0 Å². The van der Waals surface area contributed by atoms with Gasteiger partial charge >= 0.3 is 0 Å². The topological polar surface area (TPSA) is 141 Å². The van der Waals surface area contributed by atoms with Crippen molar-refractivity contribution in [2.24, 2.45) is 9.98 Å². The number of benzene rings is 1. The number of carbonyl (C=O) groups is 4. The van der Waals surface area contributed by atoms with E-state index in [1.165, 1.54) is 12.1 Å². The molecule has 0 bridgehead atoms. The number of nitrogens with one attached hydrogen (secondary N) is 1. The van der Waals surface area contributed by atoms with Crippen molar-refractivity contribution in [3.8, 4) is 17.6 Å². The number of aliphatic imine (C=N–C) groups is 2. The summed E-state index contributed by atoms with van der Waals surface area (Å²) in [6.07, 6.45) is 4.66. The Morgan fingerprint density at radius 1 is 1.14 bits per heavy atom. The van der Waals surface area contributed by atoms with Crippen LogP contribution >= 0.6 is 0 Å². The molecule has 3 aliphatic rings. The summed E-state index contributed by atoms with van der Waals surface area (Å²) < 4.78 is 5.59. The Balaban J connectivity index is 1.28. The van der Waals surface area contributed by atoms with E-state index in [2.05, 4.69) is 33.9 Å². The number of aliphatic hydroxyl groups excluding tert-OH is 1. The van der Waals surface area contributed by atoms with Crippen molar-refractivity contribution in [1.82, 2.24) is 15.1 Å². The summed E-state index contributed by atoms with van der Waals surface area (Å²) >= 11 is 0. The summed E-state index contributed by atoms with van der Waals surface area (Å²) in [4.78, 5) is 60.3. The third-order valence-corrected chi connectivity index (χ3v) is 6.30. The molecule has 2 N–H and O–H groups in total. The standard InChI is InChI=1S/C26H27N5O6/c1-27-22(30-13-9-17(32)10-14-30)8-12-28-11-2-3-15-37-18-4-5-19-20(16-18)26(36)31(25(19)35)21-6-7-23(33)29-24(21)34/h4-5,8,12,16-17,21,32H,1,6-7,9-11,13-15H2,(H,29,33,34)/b22-8+,28-12-. The van der Waals surface area contributed by atoms with Crippen molar-refractivity contribution in [2.75, 3.05) is 26.2 Å². The first-order valence-electron chi connectivity index (χ1n) is 11.9. The van der Waals surface area contributed by atoms with Gasteiger partial charge in [-0.25, -0.2) is 4.99 Å². The number of carbonyl (C=O) groups excluding carboxylic acids is 4. The van der Waals surface area contributed by atoms with Gasteiger partial charge in [-0.15, -0.1) is 0 Å². The minimum atomic E-state index is -1.01. The molecule has 11 heteroatoms. The first-order chi connectivity index (χ1) is 17.9. The number of likely N-dealkylation sites (tertiary alicyclic amines) is 1. The van der Waals surface area contributed by atoms with E-state index in [4.69, 9.17) is 4.74 Å². The lowest BCUT2D eigenvalue weighted by Gasteiger charge is -2.31. The first kappa shape index (κ1) is 25.8. The predicted octanol–water partition coefficient (Wildman–Crippen LogP) is 0.540. The van der Waals surface area contributed by atoms with E-state index >= 15 is 0 Å². The van der Waals surface area contributed by atoms with Gasteiger partial charge in [0.2, 0.25) is 11.8 Å². The maximum atomic E-state index is 12.9. The molecule has 3 heterocycles. The summed E-state index contributed by atoms with van der Waals surface area (Å²) in [6, 6.07) is 3.48. The highest BCUT2D eigenvalue weighted by Crippen LogP contribution is 2.30. The summed E-state index contributed by atoms with van der Waals surface area (Å²) in [6.45, 7) is 5.33. The molecule has 4 rings (SSSR count). The van der Waals surface area contributed by atoms with Crippen molar-refractivity contribution in [3.05, 3.63) is 41.2 Å². The number of ether oxygens (including phenoxy) is 1. The minimum Gasteiger partial charge on any atom is -0.481 e. The summed E-state index contributed by atoms with van der Waals surface area (Å²) in [5, 5.41) is 11.8. The molecule has 4 amide bonds. The number of nitrogens with zero attached hydrogens (tertiary/aromatic N) is 4. The lowest BCUT2D eigenvalue weighted by molar-refractivity contribution is -0.136. The molecular formula is C26H27N5O6. The second-order valence-electron chi connectivity index (χ2n) is 8.69. The van der Waals surface area contributed by atoms with Gasteiger partial charge in [0, 0.05) is 25.7 Å². The van der Waals surface area contributed by atoms with E-state index in [1.807, 2.05) is 4.90 Å². The Morgan fingerprint density at radius 2 is 1.89 bits per heavy atom. The van der Waals surface area contributed by atoms with Crippen molar-refractivity contribution >= 4 is 36.6 Å². The Morgan fingerprint density at radius 3 is 2.62 bits per heavy atom. The van der Waals surface area contributed by atoms with Crippen LogP contribution in [0.3, 0.4) is 0 Å². The largest absolute Gasteiger partial charge is 0.481 e. The number of aliphatic hydroxyl groups is 1. The van der Waals surface area contributed by atoms with Crippen LogP contribution in [-0.4, -0.2) is 89.9 Å². The molecule has 1 unspecified atom stereocenters. The fourth-order valence-electron chi connectivity index (χ4n) is 4.34. The van der Waals surface area contributed by atoms with E-state index in [9.17, 15) is 24.3 Å². The van der Waals surface area contributed by atoms with Crippen LogP contribution in [0.25, 0.3) is 0 Å². The van der Waals surface area contributed by atoms with Gasteiger partial charge in [-0.2, -0.15) is 0 Å². The zero-order chi connectivity index (χ0) is 26.4. The maximum Gasteiger partial charge on any atom is 0.262 e. The van der Waals surface area contributed by atoms with Gasteiger partial charge in [0.05, 0.1) is 23.8 Å². The fourth-order valence-corrected chi connectivity index (χ4v) is 4.34. The van der Waals surface area contributed by atoms with Gasteiger partial charge in [-0.05, 0) is 50.3 Å².